The fraction of sp³-hybridized carbons (Fsp3) is 0. The molecule has 1 amide bonds. The molecule has 0 atom stereocenters. The molecule has 2 aromatic rings. The van der Waals surface area contributed by atoms with Crippen LogP contribution in [-0.4, -0.2) is 17.0 Å². The predicted octanol–water partition coefficient (Wildman–Crippen LogP) is 2.50. The molecule has 108 valence electrons. The van der Waals surface area contributed by atoms with Gasteiger partial charge >= 0.3 is 5.97 Å². The monoisotopic (exact) mass is 292 g/mol. The summed E-state index contributed by atoms with van der Waals surface area (Å²) >= 11 is 0. The second kappa shape index (κ2) is 5.58. The minimum atomic E-state index is -1.46. The smallest absolute Gasteiger partial charge is 0.338 e. The van der Waals surface area contributed by atoms with Crippen LogP contribution in [0.1, 0.15) is 20.7 Å². The van der Waals surface area contributed by atoms with Gasteiger partial charge in [-0.25, -0.2) is 13.6 Å². The van der Waals surface area contributed by atoms with E-state index < -0.39 is 29.1 Å². The van der Waals surface area contributed by atoms with Crippen molar-refractivity contribution in [3.05, 3.63) is 59.2 Å². The number of carbonyl (C=O) groups excluding carboxylic acids is 1. The minimum Gasteiger partial charge on any atom is -0.478 e. The van der Waals surface area contributed by atoms with E-state index in [2.05, 4.69) is 5.32 Å². The lowest BCUT2D eigenvalue weighted by Gasteiger charge is -2.07. The first kappa shape index (κ1) is 14.4. The number of rotatable bonds is 3. The van der Waals surface area contributed by atoms with Crippen LogP contribution in [0.4, 0.5) is 20.2 Å². The van der Waals surface area contributed by atoms with Crippen molar-refractivity contribution >= 4 is 23.3 Å². The normalized spacial score (nSPS) is 10.2. The minimum absolute atomic E-state index is 0.00269. The molecule has 0 aromatic heterocycles. The maximum atomic E-state index is 13.3. The number of hydrogen-bond donors (Lipinski definition) is 3. The average Bonchev–Trinajstić information content (AvgIpc) is 2.43. The molecule has 0 heterocycles. The third-order valence-electron chi connectivity index (χ3n) is 2.72. The zero-order chi connectivity index (χ0) is 15.6. The topological polar surface area (TPSA) is 92.4 Å². The van der Waals surface area contributed by atoms with Crippen LogP contribution in [0, 0.1) is 11.6 Å². The molecule has 7 heteroatoms. The number of aromatic carboxylic acids is 1. The van der Waals surface area contributed by atoms with Gasteiger partial charge in [-0.3, -0.25) is 4.79 Å². The molecule has 2 rings (SSSR count). The van der Waals surface area contributed by atoms with Crippen molar-refractivity contribution in [3.63, 3.8) is 0 Å². The van der Waals surface area contributed by atoms with Crippen LogP contribution >= 0.6 is 0 Å². The number of halogens is 2. The molecule has 0 saturated carbocycles. The summed E-state index contributed by atoms with van der Waals surface area (Å²) in [5.41, 5.74) is 4.71. The van der Waals surface area contributed by atoms with E-state index in [9.17, 15) is 18.4 Å². The molecule has 4 N–H and O–H groups in total. The lowest BCUT2D eigenvalue weighted by molar-refractivity contribution is 0.0691. The van der Waals surface area contributed by atoms with E-state index in [0.29, 0.717) is 0 Å². The number of hydrogen-bond acceptors (Lipinski definition) is 3. The Morgan fingerprint density at radius 3 is 2.38 bits per heavy atom. The highest BCUT2D eigenvalue weighted by Gasteiger charge is 2.13. The van der Waals surface area contributed by atoms with Crippen LogP contribution in [0.15, 0.2) is 36.4 Å². The molecule has 21 heavy (non-hydrogen) atoms. The Hall–Kier alpha value is -2.96. The molecule has 0 bridgehead atoms. The van der Waals surface area contributed by atoms with Crippen molar-refractivity contribution in [1.29, 1.82) is 0 Å². The summed E-state index contributed by atoms with van der Waals surface area (Å²) in [7, 11) is 0. The summed E-state index contributed by atoms with van der Waals surface area (Å²) in [4.78, 5) is 22.7. The van der Waals surface area contributed by atoms with E-state index in [0.717, 1.165) is 18.2 Å². The molecule has 0 fully saturated rings. The molecule has 0 unspecified atom stereocenters. The zero-order valence-electron chi connectivity index (χ0n) is 10.6. The zero-order valence-corrected chi connectivity index (χ0v) is 10.6. The summed E-state index contributed by atoms with van der Waals surface area (Å²) < 4.78 is 26.5. The predicted molar refractivity (Wildman–Crippen MR) is 72.1 cm³/mol. The second-order valence-electron chi connectivity index (χ2n) is 4.19. The lowest BCUT2D eigenvalue weighted by Crippen LogP contribution is -2.13. The highest BCUT2D eigenvalue weighted by atomic mass is 19.1. The van der Waals surface area contributed by atoms with Gasteiger partial charge in [0.05, 0.1) is 11.3 Å². The fourth-order valence-electron chi connectivity index (χ4n) is 1.64. The van der Waals surface area contributed by atoms with Gasteiger partial charge in [-0.15, -0.1) is 0 Å². The van der Waals surface area contributed by atoms with Gasteiger partial charge in [-0.2, -0.15) is 0 Å². The van der Waals surface area contributed by atoms with Gasteiger partial charge in [0.15, 0.2) is 0 Å². The first-order valence-electron chi connectivity index (χ1n) is 5.77. The first-order valence-corrected chi connectivity index (χ1v) is 5.77. The molecule has 2 aromatic carbocycles. The lowest BCUT2D eigenvalue weighted by atomic mass is 10.1. The van der Waals surface area contributed by atoms with Gasteiger partial charge in [0, 0.05) is 11.3 Å². The maximum absolute atomic E-state index is 13.3. The van der Waals surface area contributed by atoms with Crippen LogP contribution in [0.5, 0.6) is 0 Å². The SMILES string of the molecule is Nc1ccc(C(=O)Nc2ccc(F)c(C(=O)O)c2)cc1F. The molecule has 0 radical (unpaired) electrons. The number of nitrogens with one attached hydrogen (secondary N) is 1. The number of nitrogens with two attached hydrogens (primary N) is 1. The Kier molecular flexibility index (Phi) is 3.84. The Morgan fingerprint density at radius 1 is 1.05 bits per heavy atom. The Labute approximate surface area is 118 Å². The van der Waals surface area contributed by atoms with E-state index in [1.807, 2.05) is 0 Å². The van der Waals surface area contributed by atoms with Crippen molar-refractivity contribution in [2.24, 2.45) is 0 Å². The van der Waals surface area contributed by atoms with Crippen molar-refractivity contribution in [1.82, 2.24) is 0 Å². The molecule has 0 saturated heterocycles. The average molecular weight is 292 g/mol. The molecule has 0 aliphatic heterocycles. The van der Waals surface area contributed by atoms with Crippen molar-refractivity contribution in [3.8, 4) is 0 Å². The molecule has 0 spiro atoms. The second-order valence-corrected chi connectivity index (χ2v) is 4.19. The van der Waals surface area contributed by atoms with Gasteiger partial charge in [-0.05, 0) is 36.4 Å². The van der Waals surface area contributed by atoms with E-state index in [1.54, 1.807) is 0 Å². The largest absolute Gasteiger partial charge is 0.478 e. The van der Waals surface area contributed by atoms with E-state index >= 15 is 0 Å². The van der Waals surface area contributed by atoms with Crippen LogP contribution in [0.25, 0.3) is 0 Å². The van der Waals surface area contributed by atoms with Gasteiger partial charge in [0.1, 0.15) is 11.6 Å². The quantitative estimate of drug-likeness (QED) is 0.758. The van der Waals surface area contributed by atoms with Crippen LogP contribution in [0.2, 0.25) is 0 Å². The maximum Gasteiger partial charge on any atom is 0.338 e. The number of nitrogen functional groups attached to an aromatic ring is 1. The van der Waals surface area contributed by atoms with Gasteiger partial charge < -0.3 is 16.2 Å². The summed E-state index contributed by atoms with van der Waals surface area (Å²) in [6.45, 7) is 0. The first-order chi connectivity index (χ1) is 9.88. The number of carbonyl (C=O) groups is 2. The number of anilines is 2. The Balaban J connectivity index is 2.25. The highest BCUT2D eigenvalue weighted by molar-refractivity contribution is 6.05. The molecular weight excluding hydrogens is 282 g/mol. The van der Waals surface area contributed by atoms with Crippen molar-refractivity contribution < 1.29 is 23.5 Å². The highest BCUT2D eigenvalue weighted by Crippen LogP contribution is 2.17. The van der Waals surface area contributed by atoms with E-state index in [1.165, 1.54) is 18.2 Å². The third-order valence-corrected chi connectivity index (χ3v) is 2.72. The Bertz CT molecular complexity index is 732. The Morgan fingerprint density at radius 2 is 1.76 bits per heavy atom. The van der Waals surface area contributed by atoms with Gasteiger partial charge in [0.2, 0.25) is 0 Å². The van der Waals surface area contributed by atoms with Crippen LogP contribution in [-0.2, 0) is 0 Å². The summed E-state index contributed by atoms with van der Waals surface area (Å²) in [5, 5.41) is 11.1. The summed E-state index contributed by atoms with van der Waals surface area (Å²) in [5.74, 6) is -3.79. The molecule has 5 nitrogen and oxygen atoms in total. The number of amides is 1. The molecular formula is C14H10F2N2O3. The van der Waals surface area contributed by atoms with Gasteiger partial charge in [0.25, 0.3) is 5.91 Å². The van der Waals surface area contributed by atoms with Crippen molar-refractivity contribution in [2.45, 2.75) is 0 Å². The number of carboxylic acid groups (broad SMARTS) is 1. The van der Waals surface area contributed by atoms with Crippen LogP contribution < -0.4 is 11.1 Å². The van der Waals surface area contributed by atoms with Crippen molar-refractivity contribution in [2.75, 3.05) is 11.1 Å². The number of benzene rings is 2. The summed E-state index contributed by atoms with van der Waals surface area (Å²) in [6, 6.07) is 6.60. The molecule has 0 aliphatic rings. The molecule has 0 aliphatic carbocycles. The third kappa shape index (κ3) is 3.14. The summed E-state index contributed by atoms with van der Waals surface area (Å²) in [6.07, 6.45) is 0. The number of carboxylic acids is 1. The fourth-order valence-corrected chi connectivity index (χ4v) is 1.64. The van der Waals surface area contributed by atoms with Gasteiger partial charge in [-0.1, -0.05) is 0 Å². The van der Waals surface area contributed by atoms with E-state index in [-0.39, 0.29) is 16.9 Å². The van der Waals surface area contributed by atoms with Crippen LogP contribution in [0.3, 0.4) is 0 Å². The van der Waals surface area contributed by atoms with E-state index in [4.69, 9.17) is 10.8 Å². The standard InChI is InChI=1S/C14H10F2N2O3/c15-10-3-2-8(6-9(10)14(20)21)18-13(19)7-1-4-12(17)11(16)5-7/h1-6H,17H2,(H,18,19)(H,20,21).